The molecule has 0 spiro atoms. The van der Waals surface area contributed by atoms with Crippen LogP contribution < -0.4 is 0 Å². The molecule has 1 amide bonds. The fourth-order valence-corrected chi connectivity index (χ4v) is 3.26. The van der Waals surface area contributed by atoms with E-state index in [4.69, 9.17) is 4.74 Å². The van der Waals surface area contributed by atoms with E-state index in [0.717, 1.165) is 6.42 Å². The number of rotatable bonds is 1. The fraction of sp³-hybridized carbons (Fsp3) is 0.867. The summed E-state index contributed by atoms with van der Waals surface area (Å²) in [5.41, 5.74) is -2.33. The van der Waals surface area contributed by atoms with E-state index in [9.17, 15) is 15.2 Å². The molecule has 1 heterocycles. The van der Waals surface area contributed by atoms with Gasteiger partial charge in [0.05, 0.1) is 24.6 Å². The third-order valence-corrected chi connectivity index (χ3v) is 4.42. The predicted molar refractivity (Wildman–Crippen MR) is 73.8 cm³/mol. The third-order valence-electron chi connectivity index (χ3n) is 4.42. The van der Waals surface area contributed by atoms with Crippen molar-refractivity contribution in [2.45, 2.75) is 58.2 Å². The molecular formula is C15H24N2O3. The van der Waals surface area contributed by atoms with E-state index in [-0.39, 0.29) is 13.1 Å². The van der Waals surface area contributed by atoms with Gasteiger partial charge in [-0.3, -0.25) is 0 Å². The van der Waals surface area contributed by atoms with Crippen LogP contribution in [0, 0.1) is 22.7 Å². The number of aliphatic hydroxyl groups is 1. The van der Waals surface area contributed by atoms with Crippen LogP contribution in [0.5, 0.6) is 0 Å². The van der Waals surface area contributed by atoms with Gasteiger partial charge in [0, 0.05) is 0 Å². The highest BCUT2D eigenvalue weighted by atomic mass is 16.6. The highest BCUT2D eigenvalue weighted by Crippen LogP contribution is 2.52. The van der Waals surface area contributed by atoms with Gasteiger partial charge in [-0.05, 0) is 46.0 Å². The molecule has 0 aromatic rings. The third kappa shape index (κ3) is 2.49. The molecule has 2 unspecified atom stereocenters. The number of hydrogen-bond acceptors (Lipinski definition) is 4. The van der Waals surface area contributed by atoms with E-state index in [1.54, 1.807) is 0 Å². The van der Waals surface area contributed by atoms with Gasteiger partial charge >= 0.3 is 6.09 Å². The molecule has 1 saturated carbocycles. The lowest BCUT2D eigenvalue weighted by Gasteiger charge is -2.53. The second-order valence-corrected chi connectivity index (χ2v) is 7.41. The minimum Gasteiger partial charge on any atom is -0.444 e. The Hall–Kier alpha value is -1.28. The van der Waals surface area contributed by atoms with Crippen molar-refractivity contribution >= 4 is 6.09 Å². The lowest BCUT2D eigenvalue weighted by Crippen LogP contribution is -2.70. The molecule has 1 N–H and O–H groups in total. The molecule has 2 atom stereocenters. The first kappa shape index (κ1) is 15.1. The molecule has 2 rings (SSSR count). The van der Waals surface area contributed by atoms with Crippen molar-refractivity contribution in [1.82, 2.24) is 4.90 Å². The lowest BCUT2D eigenvalue weighted by atomic mass is 9.67. The highest BCUT2D eigenvalue weighted by Gasteiger charge is 2.61. The van der Waals surface area contributed by atoms with E-state index < -0.39 is 22.7 Å². The van der Waals surface area contributed by atoms with Crippen LogP contribution in [0.15, 0.2) is 0 Å². The summed E-state index contributed by atoms with van der Waals surface area (Å²) in [6.45, 7) is 7.93. The molecule has 1 aliphatic carbocycles. The summed E-state index contributed by atoms with van der Waals surface area (Å²) in [7, 11) is 0. The molecule has 1 aliphatic heterocycles. The lowest BCUT2D eigenvalue weighted by molar-refractivity contribution is -0.154. The van der Waals surface area contributed by atoms with Crippen LogP contribution in [0.25, 0.3) is 0 Å². The van der Waals surface area contributed by atoms with Crippen LogP contribution in [0.4, 0.5) is 4.79 Å². The van der Waals surface area contributed by atoms with Crippen molar-refractivity contribution in [1.29, 1.82) is 5.26 Å². The predicted octanol–water partition coefficient (Wildman–Crippen LogP) is 2.30. The van der Waals surface area contributed by atoms with Crippen molar-refractivity contribution in [2.75, 3.05) is 13.1 Å². The number of hydrogen-bond donors (Lipinski definition) is 1. The van der Waals surface area contributed by atoms with Crippen molar-refractivity contribution in [3.05, 3.63) is 0 Å². The molecule has 5 nitrogen and oxygen atoms in total. The minimum absolute atomic E-state index is 0.197. The summed E-state index contributed by atoms with van der Waals surface area (Å²) >= 11 is 0. The molecule has 0 aromatic heterocycles. The van der Waals surface area contributed by atoms with Crippen molar-refractivity contribution in [2.24, 2.45) is 11.3 Å². The quantitative estimate of drug-likeness (QED) is 0.799. The van der Waals surface area contributed by atoms with Crippen molar-refractivity contribution in [3.63, 3.8) is 0 Å². The van der Waals surface area contributed by atoms with Crippen LogP contribution in [0.3, 0.4) is 0 Å². The van der Waals surface area contributed by atoms with Crippen LogP contribution >= 0.6 is 0 Å². The summed E-state index contributed by atoms with van der Waals surface area (Å²) in [5, 5.41) is 20.2. The summed E-state index contributed by atoms with van der Waals surface area (Å²) < 4.78 is 5.28. The first-order chi connectivity index (χ1) is 9.11. The average molecular weight is 280 g/mol. The zero-order valence-electron chi connectivity index (χ0n) is 12.8. The summed E-state index contributed by atoms with van der Waals surface area (Å²) in [5.74, 6) is 0.453. The smallest absolute Gasteiger partial charge is 0.410 e. The topological polar surface area (TPSA) is 73.6 Å². The first-order valence-corrected chi connectivity index (χ1v) is 7.22. The maximum Gasteiger partial charge on any atom is 0.410 e. The van der Waals surface area contributed by atoms with E-state index in [1.807, 2.05) is 20.8 Å². The number of β-amino-alcohol motifs (C(OH)–C–C–N with tert-alkyl or cyclic N) is 1. The molecule has 2 aliphatic rings. The maximum atomic E-state index is 11.9. The highest BCUT2D eigenvalue weighted by molar-refractivity contribution is 5.70. The van der Waals surface area contributed by atoms with Gasteiger partial charge in [0.25, 0.3) is 0 Å². The molecule has 2 fully saturated rings. The Morgan fingerprint density at radius 2 is 2.05 bits per heavy atom. The van der Waals surface area contributed by atoms with E-state index in [0.29, 0.717) is 18.8 Å². The number of likely N-dealkylation sites (tertiary alicyclic amines) is 1. The normalized spacial score (nSPS) is 32.4. The Labute approximate surface area is 120 Å². The molecule has 1 saturated heterocycles. The Bertz CT molecular complexity index is 443. The van der Waals surface area contributed by atoms with Crippen molar-refractivity contribution < 1.29 is 14.6 Å². The van der Waals surface area contributed by atoms with Gasteiger partial charge in [0.15, 0.2) is 0 Å². The molecule has 0 bridgehead atoms. The molecule has 0 aromatic carbocycles. The molecule has 0 radical (unpaired) electrons. The summed E-state index contributed by atoms with van der Waals surface area (Å²) in [6.07, 6.45) is 1.97. The number of nitriles is 1. The van der Waals surface area contributed by atoms with Crippen LogP contribution in [-0.4, -0.2) is 40.4 Å². The first-order valence-electron chi connectivity index (χ1n) is 7.22. The second-order valence-electron chi connectivity index (χ2n) is 7.41. The number of carbonyl (C=O) groups excluding carboxylic acids is 1. The molecule has 5 heteroatoms. The van der Waals surface area contributed by atoms with E-state index >= 15 is 0 Å². The average Bonchev–Trinajstić information content (AvgIpc) is 2.65. The van der Waals surface area contributed by atoms with Crippen LogP contribution in [0.2, 0.25) is 0 Å². The van der Waals surface area contributed by atoms with Gasteiger partial charge < -0.3 is 14.7 Å². The monoisotopic (exact) mass is 280 g/mol. The minimum atomic E-state index is -1.08. The van der Waals surface area contributed by atoms with E-state index in [2.05, 4.69) is 13.0 Å². The van der Waals surface area contributed by atoms with Gasteiger partial charge in [0.1, 0.15) is 11.2 Å². The fourth-order valence-electron chi connectivity index (χ4n) is 3.26. The molecule has 20 heavy (non-hydrogen) atoms. The number of amides is 1. The van der Waals surface area contributed by atoms with Crippen molar-refractivity contribution in [3.8, 4) is 6.07 Å². The zero-order chi connectivity index (χ0) is 15.2. The largest absolute Gasteiger partial charge is 0.444 e. The zero-order valence-corrected chi connectivity index (χ0v) is 12.8. The Morgan fingerprint density at radius 3 is 2.45 bits per heavy atom. The Morgan fingerprint density at radius 1 is 1.45 bits per heavy atom. The number of ether oxygens (including phenoxy) is 1. The summed E-state index contributed by atoms with van der Waals surface area (Å²) in [6, 6.07) is 2.33. The van der Waals surface area contributed by atoms with Crippen LogP contribution in [-0.2, 0) is 4.74 Å². The molecular weight excluding hydrogens is 256 g/mol. The van der Waals surface area contributed by atoms with Gasteiger partial charge in [-0.1, -0.05) is 6.92 Å². The van der Waals surface area contributed by atoms with Crippen LogP contribution in [0.1, 0.15) is 47.0 Å². The van der Waals surface area contributed by atoms with Gasteiger partial charge in [0.2, 0.25) is 0 Å². The molecule has 112 valence electrons. The standard InChI is InChI=1S/C15H24N2O3/c1-11-5-6-14(7-11,8-16)15(19)9-17(10-15)12(18)20-13(2,3)4/h11,19H,5-7,9-10H2,1-4H3. The second kappa shape index (κ2) is 4.63. The number of nitrogens with zero attached hydrogens (tertiary/aromatic N) is 2. The van der Waals surface area contributed by atoms with Gasteiger partial charge in [-0.15, -0.1) is 0 Å². The van der Waals surface area contributed by atoms with Gasteiger partial charge in [-0.2, -0.15) is 5.26 Å². The SMILES string of the molecule is CC1CCC(C#N)(C2(O)CN(C(=O)OC(C)(C)C)C2)C1. The number of carbonyl (C=O) groups is 1. The summed E-state index contributed by atoms with van der Waals surface area (Å²) in [4.78, 5) is 13.4. The Kier molecular flexibility index (Phi) is 3.50. The Balaban J connectivity index is 2.01. The van der Waals surface area contributed by atoms with Gasteiger partial charge in [-0.25, -0.2) is 4.79 Å². The van der Waals surface area contributed by atoms with E-state index in [1.165, 1.54) is 4.90 Å². The maximum absolute atomic E-state index is 11.9.